The van der Waals surface area contributed by atoms with Gasteiger partial charge in [-0.1, -0.05) is 18.2 Å². The van der Waals surface area contributed by atoms with E-state index in [1.165, 1.54) is 12.1 Å². The zero-order valence-corrected chi connectivity index (χ0v) is 18.5. The van der Waals surface area contributed by atoms with E-state index in [0.717, 1.165) is 24.3 Å². The maximum atomic E-state index is 12.8. The molecule has 0 saturated heterocycles. The van der Waals surface area contributed by atoms with Crippen LogP contribution in [0.25, 0.3) is 0 Å². The smallest absolute Gasteiger partial charge is 0.416 e. The molecule has 9 heteroatoms. The summed E-state index contributed by atoms with van der Waals surface area (Å²) in [5.41, 5.74) is 0.216. The zero-order valence-electron chi connectivity index (χ0n) is 18.5. The van der Waals surface area contributed by atoms with Crippen LogP contribution in [0, 0.1) is 0 Å². The molecule has 0 bridgehead atoms. The van der Waals surface area contributed by atoms with Crippen LogP contribution in [0.2, 0.25) is 0 Å². The van der Waals surface area contributed by atoms with Gasteiger partial charge in [-0.25, -0.2) is 0 Å². The Morgan fingerprint density at radius 3 is 1.59 bits per heavy atom. The standard InChI is InChI=1S/C25H23F3N2O4/c1-3-33-21-15-20(30-24(32)17-10-12-18(13-11-17)25(26,27)28)22(34-4-2)14-19(21)29-23(31)16-8-6-5-7-9-16/h5-15H,3-4H2,1-2H3,(H,29,31)(H,30,32). The fraction of sp³-hybridized carbons (Fsp3) is 0.200. The van der Waals surface area contributed by atoms with Gasteiger partial charge in [0.2, 0.25) is 0 Å². The number of alkyl halides is 3. The number of rotatable bonds is 8. The number of benzene rings is 3. The van der Waals surface area contributed by atoms with Crippen molar-refractivity contribution in [3.8, 4) is 11.5 Å². The van der Waals surface area contributed by atoms with Crippen molar-refractivity contribution in [2.24, 2.45) is 0 Å². The molecule has 3 rings (SSSR count). The number of carbonyl (C=O) groups excluding carboxylic acids is 2. The highest BCUT2D eigenvalue weighted by atomic mass is 19.4. The first-order valence-electron chi connectivity index (χ1n) is 10.5. The van der Waals surface area contributed by atoms with Crippen molar-refractivity contribution in [2.45, 2.75) is 20.0 Å². The van der Waals surface area contributed by atoms with E-state index >= 15 is 0 Å². The summed E-state index contributed by atoms with van der Waals surface area (Å²) in [6, 6.07) is 15.5. The van der Waals surface area contributed by atoms with E-state index < -0.39 is 17.6 Å². The van der Waals surface area contributed by atoms with Crippen molar-refractivity contribution < 1.29 is 32.2 Å². The number of nitrogens with one attached hydrogen (secondary N) is 2. The quantitative estimate of drug-likeness (QED) is 0.421. The first-order valence-corrected chi connectivity index (χ1v) is 10.5. The van der Waals surface area contributed by atoms with Crippen LogP contribution in [-0.2, 0) is 6.18 Å². The third-order valence-electron chi connectivity index (χ3n) is 4.69. The second-order valence-electron chi connectivity index (χ2n) is 7.06. The molecule has 0 heterocycles. The average Bonchev–Trinajstić information content (AvgIpc) is 2.82. The topological polar surface area (TPSA) is 76.7 Å². The van der Waals surface area contributed by atoms with E-state index in [9.17, 15) is 22.8 Å². The Morgan fingerprint density at radius 1 is 0.735 bits per heavy atom. The van der Waals surface area contributed by atoms with Crippen LogP contribution in [0.4, 0.5) is 24.5 Å². The summed E-state index contributed by atoms with van der Waals surface area (Å²) < 4.78 is 49.7. The number of hydrogen-bond donors (Lipinski definition) is 2. The van der Waals surface area contributed by atoms with Gasteiger partial charge in [0.1, 0.15) is 11.5 Å². The summed E-state index contributed by atoms with van der Waals surface area (Å²) in [6.07, 6.45) is -4.50. The molecule has 0 saturated carbocycles. The molecule has 0 aliphatic rings. The number of halogens is 3. The molecule has 3 aromatic carbocycles. The average molecular weight is 472 g/mol. The van der Waals surface area contributed by atoms with Crippen LogP contribution in [0.5, 0.6) is 11.5 Å². The van der Waals surface area contributed by atoms with Gasteiger partial charge in [0.05, 0.1) is 30.2 Å². The summed E-state index contributed by atoms with van der Waals surface area (Å²) in [5, 5.41) is 5.42. The molecule has 0 aliphatic heterocycles. The van der Waals surface area contributed by atoms with Gasteiger partial charge in [-0.3, -0.25) is 9.59 Å². The van der Waals surface area contributed by atoms with E-state index in [-0.39, 0.29) is 41.9 Å². The number of carbonyl (C=O) groups is 2. The fourth-order valence-corrected chi connectivity index (χ4v) is 3.09. The van der Waals surface area contributed by atoms with Crippen molar-refractivity contribution in [1.29, 1.82) is 0 Å². The Balaban J connectivity index is 1.89. The molecule has 0 aromatic heterocycles. The molecule has 0 unspecified atom stereocenters. The number of ether oxygens (including phenoxy) is 2. The summed E-state index contributed by atoms with van der Waals surface area (Å²) in [5.74, 6) is -0.434. The Morgan fingerprint density at radius 2 is 1.18 bits per heavy atom. The Labute approximate surface area is 194 Å². The number of anilines is 2. The largest absolute Gasteiger partial charge is 0.492 e. The molecule has 0 aliphatic carbocycles. The first kappa shape index (κ1) is 24.6. The van der Waals surface area contributed by atoms with Gasteiger partial charge in [-0.15, -0.1) is 0 Å². The molecule has 0 spiro atoms. The SMILES string of the molecule is CCOc1cc(NC(=O)c2ccc(C(F)(F)F)cc2)c(OCC)cc1NC(=O)c1ccccc1. The van der Waals surface area contributed by atoms with Gasteiger partial charge in [-0.05, 0) is 50.2 Å². The Hall–Kier alpha value is -4.01. The molecule has 178 valence electrons. The van der Waals surface area contributed by atoms with Crippen molar-refractivity contribution in [3.05, 3.63) is 83.4 Å². The Kier molecular flexibility index (Phi) is 7.78. The molecule has 2 amide bonds. The van der Waals surface area contributed by atoms with Crippen molar-refractivity contribution >= 4 is 23.2 Å². The van der Waals surface area contributed by atoms with E-state index in [1.807, 2.05) is 0 Å². The summed E-state index contributed by atoms with van der Waals surface area (Å²) >= 11 is 0. The summed E-state index contributed by atoms with van der Waals surface area (Å²) in [7, 11) is 0. The maximum Gasteiger partial charge on any atom is 0.416 e. The second-order valence-corrected chi connectivity index (χ2v) is 7.06. The fourth-order valence-electron chi connectivity index (χ4n) is 3.09. The minimum Gasteiger partial charge on any atom is -0.492 e. The molecule has 0 atom stereocenters. The highest BCUT2D eigenvalue weighted by Gasteiger charge is 2.30. The minimum absolute atomic E-state index is 0.0369. The molecule has 2 N–H and O–H groups in total. The lowest BCUT2D eigenvalue weighted by molar-refractivity contribution is -0.137. The van der Waals surface area contributed by atoms with Crippen LogP contribution in [0.3, 0.4) is 0 Å². The third-order valence-corrected chi connectivity index (χ3v) is 4.69. The molecule has 0 fully saturated rings. The van der Waals surface area contributed by atoms with Crippen molar-refractivity contribution in [2.75, 3.05) is 23.8 Å². The van der Waals surface area contributed by atoms with Gasteiger partial charge in [0.15, 0.2) is 0 Å². The van der Waals surface area contributed by atoms with E-state index in [4.69, 9.17) is 9.47 Å². The lowest BCUT2D eigenvalue weighted by atomic mass is 10.1. The Bertz CT molecular complexity index is 1150. The highest BCUT2D eigenvalue weighted by molar-refractivity contribution is 6.07. The van der Waals surface area contributed by atoms with E-state index in [2.05, 4.69) is 10.6 Å². The van der Waals surface area contributed by atoms with Crippen LogP contribution >= 0.6 is 0 Å². The van der Waals surface area contributed by atoms with Crippen LogP contribution in [0.1, 0.15) is 40.1 Å². The first-order chi connectivity index (χ1) is 16.2. The maximum absolute atomic E-state index is 12.8. The number of hydrogen-bond acceptors (Lipinski definition) is 4. The third kappa shape index (κ3) is 6.06. The highest BCUT2D eigenvalue weighted by Crippen LogP contribution is 2.37. The van der Waals surface area contributed by atoms with Gasteiger partial charge in [0.25, 0.3) is 11.8 Å². The molecule has 0 radical (unpaired) electrons. The molecule has 6 nitrogen and oxygen atoms in total. The van der Waals surface area contributed by atoms with Crippen LogP contribution in [-0.4, -0.2) is 25.0 Å². The van der Waals surface area contributed by atoms with Crippen LogP contribution in [0.15, 0.2) is 66.7 Å². The van der Waals surface area contributed by atoms with Crippen LogP contribution < -0.4 is 20.1 Å². The second kappa shape index (κ2) is 10.7. The normalized spacial score (nSPS) is 11.0. The summed E-state index contributed by atoms with van der Waals surface area (Å²) in [4.78, 5) is 25.3. The molecule has 34 heavy (non-hydrogen) atoms. The molecule has 3 aromatic rings. The predicted octanol–water partition coefficient (Wildman–Crippen LogP) is 6.01. The monoisotopic (exact) mass is 472 g/mol. The summed E-state index contributed by atoms with van der Waals surface area (Å²) in [6.45, 7) is 4.07. The van der Waals surface area contributed by atoms with E-state index in [0.29, 0.717) is 11.3 Å². The van der Waals surface area contributed by atoms with E-state index in [1.54, 1.807) is 44.2 Å². The van der Waals surface area contributed by atoms with Gasteiger partial charge in [-0.2, -0.15) is 13.2 Å². The molecular formula is C25H23F3N2O4. The zero-order chi connectivity index (χ0) is 24.7. The predicted molar refractivity (Wildman–Crippen MR) is 123 cm³/mol. The lowest BCUT2D eigenvalue weighted by Gasteiger charge is -2.18. The minimum atomic E-state index is -4.50. The lowest BCUT2D eigenvalue weighted by Crippen LogP contribution is -2.16. The molecular weight excluding hydrogens is 449 g/mol. The van der Waals surface area contributed by atoms with Crippen molar-refractivity contribution in [3.63, 3.8) is 0 Å². The number of amides is 2. The van der Waals surface area contributed by atoms with Gasteiger partial charge < -0.3 is 20.1 Å². The van der Waals surface area contributed by atoms with Gasteiger partial charge in [0, 0.05) is 23.3 Å². The van der Waals surface area contributed by atoms with Gasteiger partial charge >= 0.3 is 6.18 Å². The van der Waals surface area contributed by atoms with Crippen molar-refractivity contribution in [1.82, 2.24) is 0 Å².